The van der Waals surface area contributed by atoms with E-state index in [9.17, 15) is 4.79 Å². The summed E-state index contributed by atoms with van der Waals surface area (Å²) in [6.45, 7) is 4.57. The third kappa shape index (κ3) is 2.49. The topological polar surface area (TPSA) is 17.1 Å². The lowest BCUT2D eigenvalue weighted by Gasteiger charge is -2.33. The maximum atomic E-state index is 12.2. The van der Waals surface area contributed by atoms with Crippen LogP contribution in [0.25, 0.3) is 0 Å². The second kappa shape index (κ2) is 4.50. The largest absolute Gasteiger partial charge is 0.293 e. The predicted molar refractivity (Wildman–Crippen MR) is 69.4 cm³/mol. The van der Waals surface area contributed by atoms with Gasteiger partial charge in [-0.25, -0.2) is 0 Å². The number of hydrogen-bond donors (Lipinski definition) is 0. The van der Waals surface area contributed by atoms with Gasteiger partial charge < -0.3 is 0 Å². The molecule has 1 aliphatic rings. The van der Waals surface area contributed by atoms with Crippen molar-refractivity contribution < 1.29 is 4.79 Å². The fourth-order valence-corrected chi connectivity index (χ4v) is 3.48. The van der Waals surface area contributed by atoms with Crippen LogP contribution >= 0.6 is 22.9 Å². The maximum Gasteiger partial charge on any atom is 0.177 e. The molecular formula is C13H17ClOS. The van der Waals surface area contributed by atoms with Gasteiger partial charge in [0.2, 0.25) is 0 Å². The van der Waals surface area contributed by atoms with Crippen molar-refractivity contribution in [1.82, 2.24) is 0 Å². The first-order chi connectivity index (χ1) is 7.49. The monoisotopic (exact) mass is 256 g/mol. The Morgan fingerprint density at radius 3 is 2.56 bits per heavy atom. The fourth-order valence-electron chi connectivity index (χ4n) is 2.32. The first-order valence-corrected chi connectivity index (χ1v) is 7.02. The van der Waals surface area contributed by atoms with Crippen LogP contribution < -0.4 is 0 Å². The Bertz CT molecular complexity index is 384. The number of ketones is 1. The summed E-state index contributed by atoms with van der Waals surface area (Å²) in [5.74, 6) is 0.458. The molecule has 0 saturated heterocycles. The van der Waals surface area contributed by atoms with Gasteiger partial charge in [0.05, 0.1) is 9.90 Å². The van der Waals surface area contributed by atoms with E-state index >= 15 is 0 Å². The molecule has 0 spiro atoms. The van der Waals surface area contributed by atoms with Crippen molar-refractivity contribution in [3.63, 3.8) is 0 Å². The summed E-state index contributed by atoms with van der Waals surface area (Å²) in [4.78, 5) is 13.0. The lowest BCUT2D eigenvalue weighted by Crippen LogP contribution is -2.26. The van der Waals surface area contributed by atoms with E-state index in [1.54, 1.807) is 0 Å². The fraction of sp³-hybridized carbons (Fsp3) is 0.615. The van der Waals surface area contributed by atoms with E-state index in [-0.39, 0.29) is 11.7 Å². The number of carbonyl (C=O) groups excluding carboxylic acids is 1. The zero-order valence-electron chi connectivity index (χ0n) is 9.75. The molecule has 1 fully saturated rings. The summed E-state index contributed by atoms with van der Waals surface area (Å²) < 4.78 is 0. The molecule has 0 aromatic carbocycles. The average Bonchev–Trinajstić information content (AvgIpc) is 2.63. The molecule has 1 saturated carbocycles. The van der Waals surface area contributed by atoms with E-state index in [1.165, 1.54) is 11.3 Å². The summed E-state index contributed by atoms with van der Waals surface area (Å²) in [5.41, 5.74) is 0.413. The third-order valence-electron chi connectivity index (χ3n) is 3.55. The Hall–Kier alpha value is -0.340. The first kappa shape index (κ1) is 12.1. The molecule has 1 heterocycles. The minimum atomic E-state index is 0.198. The molecule has 1 aliphatic carbocycles. The maximum absolute atomic E-state index is 12.2. The van der Waals surface area contributed by atoms with E-state index in [0.29, 0.717) is 10.4 Å². The van der Waals surface area contributed by atoms with Crippen molar-refractivity contribution in [2.75, 3.05) is 0 Å². The molecule has 2 rings (SSSR count). The number of halogens is 1. The zero-order valence-corrected chi connectivity index (χ0v) is 11.3. The average molecular weight is 257 g/mol. The van der Waals surface area contributed by atoms with Crippen LogP contribution in [-0.4, -0.2) is 5.78 Å². The van der Waals surface area contributed by atoms with Crippen molar-refractivity contribution in [2.45, 2.75) is 39.5 Å². The molecule has 88 valence electrons. The van der Waals surface area contributed by atoms with E-state index in [4.69, 9.17) is 11.6 Å². The van der Waals surface area contributed by atoms with Crippen molar-refractivity contribution >= 4 is 28.7 Å². The molecule has 0 amide bonds. The summed E-state index contributed by atoms with van der Waals surface area (Å²) >= 11 is 7.47. The predicted octanol–water partition coefficient (Wildman–Crippen LogP) is 4.80. The molecule has 0 unspecified atom stereocenters. The van der Waals surface area contributed by atoms with Gasteiger partial charge >= 0.3 is 0 Å². The molecule has 1 aromatic heterocycles. The van der Waals surface area contributed by atoms with Crippen molar-refractivity contribution in [1.29, 1.82) is 0 Å². The number of Topliss-reactive ketones (excluding diaryl/α,β-unsaturated/α-hetero) is 1. The van der Waals surface area contributed by atoms with Gasteiger partial charge in [-0.1, -0.05) is 25.4 Å². The molecule has 0 radical (unpaired) electrons. The Morgan fingerprint density at radius 2 is 2.06 bits per heavy atom. The minimum absolute atomic E-state index is 0.198. The third-order valence-corrected chi connectivity index (χ3v) is 4.91. The van der Waals surface area contributed by atoms with Gasteiger partial charge in [0.1, 0.15) is 0 Å². The number of rotatable bonds is 2. The minimum Gasteiger partial charge on any atom is -0.293 e. The van der Waals surface area contributed by atoms with Gasteiger partial charge in [0, 0.05) is 5.92 Å². The number of thiophene rings is 1. The van der Waals surface area contributed by atoms with Crippen molar-refractivity contribution in [2.24, 2.45) is 11.3 Å². The van der Waals surface area contributed by atoms with E-state index < -0.39 is 0 Å². The standard InChI is InChI=1S/C13H17ClOS/c1-13(2)6-3-9(4-7-13)11(15)12-10(14)5-8-16-12/h5,8-9H,3-4,6-7H2,1-2H3. The first-order valence-electron chi connectivity index (χ1n) is 5.77. The normalized spacial score (nSPS) is 20.9. The second-order valence-electron chi connectivity index (χ2n) is 5.40. The lowest BCUT2D eigenvalue weighted by atomic mass is 9.72. The SMILES string of the molecule is CC1(C)CCC(C(=O)c2sccc2Cl)CC1. The molecule has 0 N–H and O–H groups in total. The van der Waals surface area contributed by atoms with Crippen molar-refractivity contribution in [3.05, 3.63) is 21.3 Å². The van der Waals surface area contributed by atoms with Crippen molar-refractivity contribution in [3.8, 4) is 0 Å². The van der Waals surface area contributed by atoms with E-state index in [0.717, 1.165) is 30.6 Å². The molecule has 0 atom stereocenters. The van der Waals surface area contributed by atoms with E-state index in [2.05, 4.69) is 13.8 Å². The highest BCUT2D eigenvalue weighted by Gasteiger charge is 2.31. The van der Waals surface area contributed by atoms with Crippen LogP contribution in [0.4, 0.5) is 0 Å². The molecule has 16 heavy (non-hydrogen) atoms. The zero-order chi connectivity index (χ0) is 11.8. The highest BCUT2D eigenvalue weighted by Crippen LogP contribution is 2.40. The van der Waals surface area contributed by atoms with Gasteiger partial charge in [0.15, 0.2) is 5.78 Å². The van der Waals surface area contributed by atoms with Gasteiger partial charge in [0.25, 0.3) is 0 Å². The number of hydrogen-bond acceptors (Lipinski definition) is 2. The van der Waals surface area contributed by atoms with Gasteiger partial charge in [-0.15, -0.1) is 11.3 Å². The quantitative estimate of drug-likeness (QED) is 0.695. The molecule has 0 aliphatic heterocycles. The van der Waals surface area contributed by atoms with Gasteiger partial charge in [-0.3, -0.25) is 4.79 Å². The van der Waals surface area contributed by atoms with Crippen LogP contribution in [0, 0.1) is 11.3 Å². The second-order valence-corrected chi connectivity index (χ2v) is 6.72. The molecule has 1 nitrogen and oxygen atoms in total. The highest BCUT2D eigenvalue weighted by atomic mass is 35.5. The van der Waals surface area contributed by atoms with Crippen LogP contribution in [0.3, 0.4) is 0 Å². The summed E-state index contributed by atoms with van der Waals surface area (Å²) in [5, 5.41) is 2.52. The van der Waals surface area contributed by atoms with Crippen LogP contribution in [0.5, 0.6) is 0 Å². The molecular weight excluding hydrogens is 240 g/mol. The highest BCUT2D eigenvalue weighted by molar-refractivity contribution is 7.12. The van der Waals surface area contributed by atoms with E-state index in [1.807, 2.05) is 11.4 Å². The van der Waals surface area contributed by atoms with Gasteiger partial charge in [-0.2, -0.15) is 0 Å². The lowest BCUT2D eigenvalue weighted by molar-refractivity contribution is 0.0842. The smallest absolute Gasteiger partial charge is 0.177 e. The van der Waals surface area contributed by atoms with Crippen LogP contribution in [0.2, 0.25) is 5.02 Å². The molecule has 3 heteroatoms. The summed E-state index contributed by atoms with van der Waals surface area (Å²) in [7, 11) is 0. The Morgan fingerprint density at radius 1 is 1.44 bits per heavy atom. The summed E-state index contributed by atoms with van der Waals surface area (Å²) in [6.07, 6.45) is 4.32. The summed E-state index contributed by atoms with van der Waals surface area (Å²) in [6, 6.07) is 1.81. The van der Waals surface area contributed by atoms with Crippen LogP contribution in [0.15, 0.2) is 11.4 Å². The van der Waals surface area contributed by atoms with Gasteiger partial charge in [-0.05, 0) is 42.5 Å². The van der Waals surface area contributed by atoms with Crippen LogP contribution in [-0.2, 0) is 0 Å². The molecule has 1 aromatic rings. The Balaban J connectivity index is 2.05. The van der Waals surface area contributed by atoms with Crippen LogP contribution in [0.1, 0.15) is 49.2 Å². The Kier molecular flexibility index (Phi) is 3.41. The number of carbonyl (C=O) groups is 1. The molecule has 0 bridgehead atoms. The Labute approximate surface area is 106 Å².